The molecule has 0 aromatic heterocycles. The third-order valence-corrected chi connectivity index (χ3v) is 4.23. The van der Waals surface area contributed by atoms with E-state index in [0.29, 0.717) is 6.61 Å². The van der Waals surface area contributed by atoms with Crippen LogP contribution >= 0.6 is 8.03 Å². The second kappa shape index (κ2) is 6.53. The van der Waals surface area contributed by atoms with Gasteiger partial charge in [0.2, 0.25) is 8.03 Å². The SMILES string of the molecule is CCO[PH](=O)c1ccccc1Cc1ccccc1. The summed E-state index contributed by atoms with van der Waals surface area (Å²) in [6.45, 7) is 2.35. The van der Waals surface area contributed by atoms with Crippen molar-refractivity contribution in [3.05, 3.63) is 65.7 Å². The van der Waals surface area contributed by atoms with E-state index in [9.17, 15) is 4.57 Å². The van der Waals surface area contributed by atoms with E-state index in [-0.39, 0.29) is 0 Å². The van der Waals surface area contributed by atoms with Gasteiger partial charge in [0.25, 0.3) is 0 Å². The van der Waals surface area contributed by atoms with Gasteiger partial charge in [-0.15, -0.1) is 0 Å². The molecule has 0 N–H and O–H groups in total. The molecule has 0 aliphatic rings. The minimum Gasteiger partial charge on any atom is -0.328 e. The first-order chi connectivity index (χ1) is 8.81. The van der Waals surface area contributed by atoms with Crippen LogP contribution in [0, 0.1) is 0 Å². The quantitative estimate of drug-likeness (QED) is 0.770. The van der Waals surface area contributed by atoms with Crippen LogP contribution in [0.1, 0.15) is 18.1 Å². The van der Waals surface area contributed by atoms with Crippen molar-refractivity contribution in [3.63, 3.8) is 0 Å². The summed E-state index contributed by atoms with van der Waals surface area (Å²) in [7, 11) is -2.12. The maximum Gasteiger partial charge on any atom is 0.220 e. The van der Waals surface area contributed by atoms with E-state index in [2.05, 4.69) is 12.1 Å². The van der Waals surface area contributed by atoms with Crippen LogP contribution in [0.2, 0.25) is 0 Å². The van der Waals surface area contributed by atoms with Gasteiger partial charge in [-0.3, -0.25) is 4.57 Å². The van der Waals surface area contributed by atoms with Crippen molar-refractivity contribution in [1.29, 1.82) is 0 Å². The predicted octanol–water partition coefficient (Wildman–Crippen LogP) is 3.41. The lowest BCUT2D eigenvalue weighted by Gasteiger charge is -2.09. The first kappa shape index (κ1) is 13.1. The van der Waals surface area contributed by atoms with Crippen molar-refractivity contribution in [1.82, 2.24) is 0 Å². The Morgan fingerprint density at radius 1 is 1.00 bits per heavy atom. The van der Waals surface area contributed by atoms with Gasteiger partial charge in [-0.2, -0.15) is 0 Å². The van der Waals surface area contributed by atoms with Crippen LogP contribution in [0.15, 0.2) is 54.6 Å². The van der Waals surface area contributed by atoms with E-state index in [1.165, 1.54) is 5.56 Å². The Labute approximate surface area is 108 Å². The van der Waals surface area contributed by atoms with Crippen molar-refractivity contribution in [3.8, 4) is 0 Å². The summed E-state index contributed by atoms with van der Waals surface area (Å²) < 4.78 is 17.3. The van der Waals surface area contributed by atoms with Crippen molar-refractivity contribution in [2.24, 2.45) is 0 Å². The maximum atomic E-state index is 12.0. The van der Waals surface area contributed by atoms with E-state index in [4.69, 9.17) is 4.52 Å². The second-order valence-electron chi connectivity index (χ2n) is 4.04. The monoisotopic (exact) mass is 260 g/mol. The van der Waals surface area contributed by atoms with Gasteiger partial charge >= 0.3 is 0 Å². The first-order valence-electron chi connectivity index (χ1n) is 6.10. The predicted molar refractivity (Wildman–Crippen MR) is 76.0 cm³/mol. The van der Waals surface area contributed by atoms with Crippen LogP contribution < -0.4 is 5.30 Å². The Balaban J connectivity index is 2.25. The van der Waals surface area contributed by atoms with E-state index in [1.807, 2.05) is 49.4 Å². The van der Waals surface area contributed by atoms with E-state index >= 15 is 0 Å². The summed E-state index contributed by atoms with van der Waals surface area (Å²) >= 11 is 0. The molecule has 0 radical (unpaired) electrons. The molecule has 0 saturated heterocycles. The van der Waals surface area contributed by atoms with Crippen molar-refractivity contribution < 1.29 is 9.09 Å². The highest BCUT2D eigenvalue weighted by molar-refractivity contribution is 7.48. The Bertz CT molecular complexity index is 523. The molecule has 2 nitrogen and oxygen atoms in total. The minimum atomic E-state index is -2.12. The fraction of sp³-hybridized carbons (Fsp3) is 0.200. The highest BCUT2D eigenvalue weighted by Gasteiger charge is 2.09. The summed E-state index contributed by atoms with van der Waals surface area (Å²) in [5.41, 5.74) is 2.30. The average molecular weight is 260 g/mol. The number of hydrogen-bond donors (Lipinski definition) is 0. The molecule has 0 aliphatic carbocycles. The largest absolute Gasteiger partial charge is 0.328 e. The van der Waals surface area contributed by atoms with E-state index in [1.54, 1.807) is 0 Å². The molecule has 0 bridgehead atoms. The van der Waals surface area contributed by atoms with Gasteiger partial charge in [-0.1, -0.05) is 48.5 Å². The van der Waals surface area contributed by atoms with Crippen LogP contribution in [0.5, 0.6) is 0 Å². The second-order valence-corrected chi connectivity index (χ2v) is 5.44. The molecule has 0 aliphatic heterocycles. The molecular formula is C15H17O2P. The summed E-state index contributed by atoms with van der Waals surface area (Å²) in [5, 5.41) is 0.841. The smallest absolute Gasteiger partial charge is 0.220 e. The summed E-state index contributed by atoms with van der Waals surface area (Å²) in [6.07, 6.45) is 0.792. The van der Waals surface area contributed by atoms with Gasteiger partial charge in [0.15, 0.2) is 0 Å². The Morgan fingerprint density at radius 3 is 2.39 bits per heavy atom. The third-order valence-electron chi connectivity index (χ3n) is 2.75. The van der Waals surface area contributed by atoms with Gasteiger partial charge in [-0.25, -0.2) is 0 Å². The zero-order valence-corrected chi connectivity index (χ0v) is 11.4. The van der Waals surface area contributed by atoms with Gasteiger partial charge in [-0.05, 0) is 30.5 Å². The molecule has 0 spiro atoms. The first-order valence-corrected chi connectivity index (χ1v) is 7.42. The summed E-state index contributed by atoms with van der Waals surface area (Å²) in [5.74, 6) is 0. The van der Waals surface area contributed by atoms with Crippen LogP contribution in [-0.4, -0.2) is 6.61 Å². The number of rotatable bonds is 5. The molecule has 0 saturated carbocycles. The highest BCUT2D eigenvalue weighted by Crippen LogP contribution is 2.24. The van der Waals surface area contributed by atoms with Gasteiger partial charge in [0.05, 0.1) is 6.61 Å². The van der Waals surface area contributed by atoms with E-state index < -0.39 is 8.03 Å². The molecule has 0 heterocycles. The van der Waals surface area contributed by atoms with E-state index in [0.717, 1.165) is 17.3 Å². The lowest BCUT2D eigenvalue weighted by molar-refractivity contribution is 0.357. The summed E-state index contributed by atoms with van der Waals surface area (Å²) in [4.78, 5) is 0. The van der Waals surface area contributed by atoms with Crippen LogP contribution in [-0.2, 0) is 15.5 Å². The lowest BCUT2D eigenvalue weighted by Crippen LogP contribution is -2.07. The Hall–Kier alpha value is -1.37. The fourth-order valence-corrected chi connectivity index (χ4v) is 2.98. The fourth-order valence-electron chi connectivity index (χ4n) is 1.90. The van der Waals surface area contributed by atoms with Crippen LogP contribution in [0.4, 0.5) is 0 Å². The van der Waals surface area contributed by atoms with Crippen molar-refractivity contribution >= 4 is 13.3 Å². The highest BCUT2D eigenvalue weighted by atomic mass is 31.1. The number of benzene rings is 2. The molecule has 94 valence electrons. The van der Waals surface area contributed by atoms with Gasteiger partial charge in [0.1, 0.15) is 0 Å². The Morgan fingerprint density at radius 2 is 1.67 bits per heavy atom. The molecular weight excluding hydrogens is 243 g/mol. The zero-order valence-electron chi connectivity index (χ0n) is 10.4. The molecule has 2 aromatic rings. The van der Waals surface area contributed by atoms with Crippen LogP contribution in [0.3, 0.4) is 0 Å². The molecule has 18 heavy (non-hydrogen) atoms. The lowest BCUT2D eigenvalue weighted by atomic mass is 10.1. The summed E-state index contributed by atoms with van der Waals surface area (Å²) in [6, 6.07) is 18.0. The normalized spacial score (nSPS) is 12.3. The van der Waals surface area contributed by atoms with Crippen LogP contribution in [0.25, 0.3) is 0 Å². The molecule has 1 unspecified atom stereocenters. The Kier molecular flexibility index (Phi) is 4.74. The average Bonchev–Trinajstić information content (AvgIpc) is 2.41. The minimum absolute atomic E-state index is 0.484. The molecule has 1 atom stereocenters. The zero-order chi connectivity index (χ0) is 12.8. The third kappa shape index (κ3) is 3.32. The molecule has 0 fully saturated rings. The van der Waals surface area contributed by atoms with Gasteiger partial charge < -0.3 is 4.52 Å². The number of hydrogen-bond acceptors (Lipinski definition) is 2. The maximum absolute atomic E-state index is 12.0. The molecule has 2 rings (SSSR count). The molecule has 2 aromatic carbocycles. The molecule has 3 heteroatoms. The van der Waals surface area contributed by atoms with Crippen molar-refractivity contribution in [2.45, 2.75) is 13.3 Å². The van der Waals surface area contributed by atoms with Gasteiger partial charge in [0, 0.05) is 5.30 Å². The topological polar surface area (TPSA) is 26.3 Å². The standard InChI is InChI=1S/C15H17O2P/c1-2-17-18(16)15-11-7-6-10-14(15)12-13-8-4-3-5-9-13/h3-11,18H,2,12H2,1H3. The molecule has 0 amide bonds. The van der Waals surface area contributed by atoms with Crippen molar-refractivity contribution in [2.75, 3.05) is 6.61 Å².